The number of rotatable bonds is 6. The van der Waals surface area contributed by atoms with E-state index in [1.807, 2.05) is 31.2 Å². The van der Waals surface area contributed by atoms with Crippen LogP contribution >= 0.6 is 11.8 Å². The van der Waals surface area contributed by atoms with Gasteiger partial charge in [0.15, 0.2) is 0 Å². The van der Waals surface area contributed by atoms with Gasteiger partial charge in [0.05, 0.1) is 28.5 Å². The third-order valence-electron chi connectivity index (χ3n) is 5.93. The quantitative estimate of drug-likeness (QED) is 0.282. The van der Waals surface area contributed by atoms with Crippen molar-refractivity contribution in [3.8, 4) is 0 Å². The van der Waals surface area contributed by atoms with Crippen molar-refractivity contribution in [1.29, 1.82) is 0 Å². The molecule has 1 aliphatic heterocycles. The number of esters is 1. The predicted octanol–water partition coefficient (Wildman–Crippen LogP) is 6.06. The number of hydrogen-bond acceptors (Lipinski definition) is 5. The summed E-state index contributed by atoms with van der Waals surface area (Å²) in [5, 5.41) is -0.674. The SMILES string of the molecule is COC(=O)c1ccc(S(=O)(=O)N(Cc2ccc(F)c(C(F)(F)F)c2)C2Sc3ccccc3C2C)cc1. The lowest BCUT2D eigenvalue weighted by Gasteiger charge is -2.30. The van der Waals surface area contributed by atoms with Crippen molar-refractivity contribution in [2.75, 3.05) is 7.11 Å². The molecule has 0 saturated heterocycles. The Hall–Kier alpha value is -2.89. The van der Waals surface area contributed by atoms with Crippen LogP contribution < -0.4 is 0 Å². The van der Waals surface area contributed by atoms with Crippen LogP contribution in [-0.2, 0) is 27.5 Å². The molecule has 1 aliphatic rings. The lowest BCUT2D eigenvalue weighted by atomic mass is 10.0. The molecule has 1 heterocycles. The smallest absolute Gasteiger partial charge is 0.419 e. The van der Waals surface area contributed by atoms with Gasteiger partial charge in [-0.15, -0.1) is 11.8 Å². The molecule has 11 heteroatoms. The van der Waals surface area contributed by atoms with Gasteiger partial charge in [0.1, 0.15) is 5.82 Å². The molecule has 0 fully saturated rings. The molecule has 190 valence electrons. The highest BCUT2D eigenvalue weighted by Gasteiger charge is 2.41. The zero-order chi connectivity index (χ0) is 26.3. The molecule has 2 atom stereocenters. The minimum atomic E-state index is -4.93. The highest BCUT2D eigenvalue weighted by molar-refractivity contribution is 8.01. The lowest BCUT2D eigenvalue weighted by molar-refractivity contribution is -0.140. The van der Waals surface area contributed by atoms with Crippen LogP contribution in [-0.4, -0.2) is 31.2 Å². The van der Waals surface area contributed by atoms with Gasteiger partial charge in [-0.3, -0.25) is 0 Å². The molecule has 0 spiro atoms. The van der Waals surface area contributed by atoms with Crippen molar-refractivity contribution in [3.63, 3.8) is 0 Å². The van der Waals surface area contributed by atoms with E-state index in [2.05, 4.69) is 4.74 Å². The summed E-state index contributed by atoms with van der Waals surface area (Å²) in [5.74, 6) is -2.36. The molecule has 0 amide bonds. The summed E-state index contributed by atoms with van der Waals surface area (Å²) in [6, 6.07) is 14.9. The first-order chi connectivity index (χ1) is 16.9. The average molecular weight is 540 g/mol. The molecular weight excluding hydrogens is 518 g/mol. The molecule has 0 aromatic heterocycles. The Morgan fingerprint density at radius 3 is 2.33 bits per heavy atom. The van der Waals surface area contributed by atoms with Gasteiger partial charge in [0, 0.05) is 17.4 Å². The van der Waals surface area contributed by atoms with Crippen LogP contribution in [0.25, 0.3) is 0 Å². The van der Waals surface area contributed by atoms with E-state index in [1.165, 1.54) is 43.1 Å². The van der Waals surface area contributed by atoms with Crippen LogP contribution in [0, 0.1) is 5.82 Å². The maximum absolute atomic E-state index is 13.9. The Bertz CT molecular complexity index is 1390. The van der Waals surface area contributed by atoms with Crippen LogP contribution in [0.1, 0.15) is 39.9 Å². The lowest BCUT2D eigenvalue weighted by Crippen LogP contribution is -2.39. The minimum Gasteiger partial charge on any atom is -0.465 e. The van der Waals surface area contributed by atoms with E-state index in [-0.39, 0.29) is 21.9 Å². The van der Waals surface area contributed by atoms with Gasteiger partial charge in [-0.1, -0.05) is 31.2 Å². The Labute approximate surface area is 210 Å². The summed E-state index contributed by atoms with van der Waals surface area (Å²) in [4.78, 5) is 12.5. The molecule has 0 N–H and O–H groups in total. The van der Waals surface area contributed by atoms with E-state index in [9.17, 15) is 30.8 Å². The standard InChI is InChI=1S/C25H21F4NO4S2/c1-15-19-5-3-4-6-22(19)35-23(15)30(14-16-7-12-21(26)20(13-16)25(27,28)29)36(32,33)18-10-8-17(9-11-18)24(31)34-2/h3-13,15,23H,14H2,1-2H3. The Morgan fingerprint density at radius 2 is 1.72 bits per heavy atom. The highest BCUT2D eigenvalue weighted by atomic mass is 32.2. The van der Waals surface area contributed by atoms with Gasteiger partial charge >= 0.3 is 12.1 Å². The van der Waals surface area contributed by atoms with Crippen molar-refractivity contribution in [1.82, 2.24) is 4.31 Å². The molecule has 0 bridgehead atoms. The number of nitrogens with zero attached hydrogens (tertiary/aromatic N) is 1. The third-order valence-corrected chi connectivity index (χ3v) is 9.43. The van der Waals surface area contributed by atoms with E-state index < -0.39 is 45.5 Å². The van der Waals surface area contributed by atoms with Gasteiger partial charge < -0.3 is 4.74 Å². The van der Waals surface area contributed by atoms with Gasteiger partial charge in [0.25, 0.3) is 0 Å². The van der Waals surface area contributed by atoms with Gasteiger partial charge in [-0.2, -0.15) is 17.5 Å². The Balaban J connectivity index is 1.77. The van der Waals surface area contributed by atoms with E-state index in [0.29, 0.717) is 12.1 Å². The first-order valence-electron chi connectivity index (χ1n) is 10.7. The number of halogens is 4. The number of thioether (sulfide) groups is 1. The Morgan fingerprint density at radius 1 is 1.06 bits per heavy atom. The van der Waals surface area contributed by atoms with Crippen LogP contribution in [0.5, 0.6) is 0 Å². The fraction of sp³-hybridized carbons (Fsp3) is 0.240. The largest absolute Gasteiger partial charge is 0.465 e. The summed E-state index contributed by atoms with van der Waals surface area (Å²) >= 11 is 1.29. The monoisotopic (exact) mass is 539 g/mol. The first kappa shape index (κ1) is 26.2. The topological polar surface area (TPSA) is 63.7 Å². The summed E-state index contributed by atoms with van der Waals surface area (Å²) in [5.41, 5.74) is -0.409. The molecule has 0 radical (unpaired) electrons. The number of ether oxygens (including phenoxy) is 1. The molecule has 36 heavy (non-hydrogen) atoms. The Kier molecular flexibility index (Phi) is 7.18. The highest BCUT2D eigenvalue weighted by Crippen LogP contribution is 2.48. The molecule has 4 rings (SSSR count). The van der Waals surface area contributed by atoms with Crippen molar-refractivity contribution >= 4 is 27.8 Å². The molecule has 2 unspecified atom stereocenters. The van der Waals surface area contributed by atoms with Crippen LogP contribution in [0.2, 0.25) is 0 Å². The second-order valence-corrected chi connectivity index (χ2v) is 11.3. The maximum atomic E-state index is 13.9. The summed E-state index contributed by atoms with van der Waals surface area (Å²) in [6.07, 6.45) is -4.93. The fourth-order valence-electron chi connectivity index (χ4n) is 4.05. The minimum absolute atomic E-state index is 0.0118. The summed E-state index contributed by atoms with van der Waals surface area (Å²) in [7, 11) is -3.06. The van der Waals surface area contributed by atoms with E-state index in [4.69, 9.17) is 0 Å². The summed E-state index contributed by atoms with van der Waals surface area (Å²) < 4.78 is 87.3. The molecular formula is C25H21F4NO4S2. The second-order valence-electron chi connectivity index (χ2n) is 8.21. The molecule has 3 aromatic rings. The van der Waals surface area contributed by atoms with E-state index in [1.54, 1.807) is 0 Å². The third kappa shape index (κ3) is 5.00. The average Bonchev–Trinajstić information content (AvgIpc) is 3.18. The number of alkyl halides is 3. The maximum Gasteiger partial charge on any atom is 0.419 e. The van der Waals surface area contributed by atoms with Crippen LogP contribution in [0.15, 0.2) is 76.5 Å². The number of fused-ring (bicyclic) bond motifs is 1. The normalized spacial score (nSPS) is 17.8. The molecule has 5 nitrogen and oxygen atoms in total. The van der Waals surface area contributed by atoms with Crippen molar-refractivity contribution < 1.29 is 35.5 Å². The number of carbonyl (C=O) groups excluding carboxylic acids is 1. The van der Waals surface area contributed by atoms with Gasteiger partial charge in [-0.05, 0) is 53.6 Å². The predicted molar refractivity (Wildman–Crippen MR) is 126 cm³/mol. The van der Waals surface area contributed by atoms with Gasteiger partial charge in [0.2, 0.25) is 10.0 Å². The summed E-state index contributed by atoms with van der Waals surface area (Å²) in [6.45, 7) is 1.43. The van der Waals surface area contributed by atoms with Crippen molar-refractivity contribution in [3.05, 3.63) is 94.8 Å². The zero-order valence-corrected chi connectivity index (χ0v) is 20.8. The first-order valence-corrected chi connectivity index (χ1v) is 13.1. The number of carbonyl (C=O) groups is 1. The number of methoxy groups -OCH3 is 1. The van der Waals surface area contributed by atoms with E-state index >= 15 is 0 Å². The zero-order valence-electron chi connectivity index (χ0n) is 19.1. The molecule has 3 aromatic carbocycles. The van der Waals surface area contributed by atoms with Crippen molar-refractivity contribution in [2.24, 2.45) is 0 Å². The number of sulfonamides is 1. The fourth-order valence-corrected chi connectivity index (χ4v) is 7.40. The molecule has 0 aliphatic carbocycles. The molecule has 0 saturated carbocycles. The van der Waals surface area contributed by atoms with Gasteiger partial charge in [-0.25, -0.2) is 17.6 Å². The van der Waals surface area contributed by atoms with Crippen molar-refractivity contribution in [2.45, 2.75) is 40.7 Å². The van der Waals surface area contributed by atoms with E-state index in [0.717, 1.165) is 20.8 Å². The number of benzene rings is 3. The van der Waals surface area contributed by atoms with Crippen LogP contribution in [0.4, 0.5) is 17.6 Å². The second kappa shape index (κ2) is 9.87. The van der Waals surface area contributed by atoms with Crippen LogP contribution in [0.3, 0.4) is 0 Å². The number of hydrogen-bond donors (Lipinski definition) is 0.